The second kappa shape index (κ2) is 8.69. The fraction of sp³-hybridized carbons (Fsp3) is 0.857. The number of carbonyl (C=O) groups excluding carboxylic acids is 1. The Hall–Kier alpha value is -0.530. The van der Waals surface area contributed by atoms with E-state index in [0.717, 1.165) is 38.2 Å². The van der Waals surface area contributed by atoms with Crippen molar-refractivity contribution in [1.29, 1.82) is 0 Å². The highest BCUT2D eigenvalue weighted by molar-refractivity contribution is 14.0. The summed E-state index contributed by atoms with van der Waals surface area (Å²) < 4.78 is 0. The minimum Gasteiger partial charge on any atom is -0.357 e. The highest BCUT2D eigenvalue weighted by Gasteiger charge is 2.42. The molecule has 0 heterocycles. The molecule has 0 aliphatic heterocycles. The molecule has 1 aliphatic rings. The zero-order valence-electron chi connectivity index (χ0n) is 13.4. The third-order valence-corrected chi connectivity index (χ3v) is 3.71. The fourth-order valence-corrected chi connectivity index (χ4v) is 2.71. The van der Waals surface area contributed by atoms with Gasteiger partial charge in [0.15, 0.2) is 5.96 Å². The van der Waals surface area contributed by atoms with Crippen LogP contribution in [0.15, 0.2) is 4.99 Å². The van der Waals surface area contributed by atoms with Gasteiger partial charge in [0.25, 0.3) is 0 Å². The molecule has 1 aliphatic carbocycles. The second-order valence-corrected chi connectivity index (χ2v) is 5.75. The van der Waals surface area contributed by atoms with Crippen molar-refractivity contribution in [2.24, 2.45) is 10.4 Å². The maximum Gasteiger partial charge on any atom is 0.230 e. The van der Waals surface area contributed by atoms with Gasteiger partial charge in [-0.1, -0.05) is 12.8 Å². The molecule has 1 saturated carbocycles. The van der Waals surface area contributed by atoms with E-state index in [1.165, 1.54) is 0 Å². The SMILES string of the molecule is CCNC(=NCC1(C(=O)N(C)C)CCCC1)N(C)C.I. The van der Waals surface area contributed by atoms with Crippen molar-refractivity contribution >= 4 is 35.8 Å². The van der Waals surface area contributed by atoms with Crippen molar-refractivity contribution in [3.05, 3.63) is 0 Å². The van der Waals surface area contributed by atoms with Gasteiger partial charge in [-0.05, 0) is 19.8 Å². The maximum atomic E-state index is 12.4. The molecule has 0 atom stereocenters. The first-order chi connectivity index (χ1) is 8.93. The lowest BCUT2D eigenvalue weighted by Crippen LogP contribution is -2.42. The van der Waals surface area contributed by atoms with E-state index in [0.29, 0.717) is 6.54 Å². The predicted octanol–water partition coefficient (Wildman–Crippen LogP) is 1.78. The monoisotopic (exact) mass is 396 g/mol. The molecular weight excluding hydrogens is 367 g/mol. The number of rotatable bonds is 4. The van der Waals surface area contributed by atoms with E-state index in [1.54, 1.807) is 4.90 Å². The summed E-state index contributed by atoms with van der Waals surface area (Å²) in [7, 11) is 7.61. The Kier molecular flexibility index (Phi) is 8.46. The summed E-state index contributed by atoms with van der Waals surface area (Å²) in [6.07, 6.45) is 4.18. The van der Waals surface area contributed by atoms with Crippen LogP contribution in [-0.4, -0.2) is 62.9 Å². The van der Waals surface area contributed by atoms with Crippen LogP contribution in [0.4, 0.5) is 0 Å². The maximum absolute atomic E-state index is 12.4. The molecule has 20 heavy (non-hydrogen) atoms. The smallest absolute Gasteiger partial charge is 0.230 e. The molecule has 1 amide bonds. The van der Waals surface area contributed by atoms with Crippen molar-refractivity contribution in [2.45, 2.75) is 32.6 Å². The Bertz CT molecular complexity index is 336. The normalized spacial score (nSPS) is 17.4. The third-order valence-electron chi connectivity index (χ3n) is 3.71. The van der Waals surface area contributed by atoms with Gasteiger partial charge >= 0.3 is 0 Å². The van der Waals surface area contributed by atoms with E-state index in [4.69, 9.17) is 0 Å². The van der Waals surface area contributed by atoms with Crippen molar-refractivity contribution in [1.82, 2.24) is 15.1 Å². The van der Waals surface area contributed by atoms with Crippen LogP contribution in [0.5, 0.6) is 0 Å². The number of guanidine groups is 1. The van der Waals surface area contributed by atoms with Crippen LogP contribution in [0, 0.1) is 5.41 Å². The lowest BCUT2D eigenvalue weighted by atomic mass is 9.85. The van der Waals surface area contributed by atoms with E-state index in [2.05, 4.69) is 17.2 Å². The van der Waals surface area contributed by atoms with Gasteiger partial charge in [-0.25, -0.2) is 0 Å². The first kappa shape index (κ1) is 19.5. The summed E-state index contributed by atoms with van der Waals surface area (Å²) >= 11 is 0. The van der Waals surface area contributed by atoms with Gasteiger partial charge in [-0.2, -0.15) is 0 Å². The van der Waals surface area contributed by atoms with Crippen molar-refractivity contribution in [3.63, 3.8) is 0 Å². The first-order valence-electron chi connectivity index (χ1n) is 7.10. The fourth-order valence-electron chi connectivity index (χ4n) is 2.71. The number of nitrogens with zero attached hydrogens (tertiary/aromatic N) is 3. The summed E-state index contributed by atoms with van der Waals surface area (Å²) in [4.78, 5) is 20.8. The summed E-state index contributed by atoms with van der Waals surface area (Å²) in [5.74, 6) is 1.09. The standard InChI is InChI=1S/C14H28N4O.HI/c1-6-15-13(18(4)5)16-11-14(9-7-8-10-14)12(19)17(2)3;/h6-11H2,1-5H3,(H,15,16);1H. The molecule has 6 heteroatoms. The van der Waals surface area contributed by atoms with E-state index in [1.807, 2.05) is 33.1 Å². The van der Waals surface area contributed by atoms with Gasteiger partial charge < -0.3 is 15.1 Å². The van der Waals surface area contributed by atoms with Crippen molar-refractivity contribution < 1.29 is 4.79 Å². The van der Waals surface area contributed by atoms with Gasteiger partial charge in [-0.3, -0.25) is 9.79 Å². The Morgan fingerprint density at radius 1 is 1.15 bits per heavy atom. The molecule has 0 radical (unpaired) electrons. The average Bonchev–Trinajstić information content (AvgIpc) is 2.83. The number of nitrogens with one attached hydrogen (secondary N) is 1. The summed E-state index contributed by atoms with van der Waals surface area (Å²) in [6.45, 7) is 3.48. The van der Waals surface area contributed by atoms with Crippen LogP contribution in [0.25, 0.3) is 0 Å². The van der Waals surface area contributed by atoms with Crippen LogP contribution >= 0.6 is 24.0 Å². The molecule has 1 rings (SSSR count). The molecule has 0 unspecified atom stereocenters. The number of carbonyl (C=O) groups is 1. The zero-order chi connectivity index (χ0) is 14.5. The van der Waals surface area contributed by atoms with E-state index in [9.17, 15) is 4.79 Å². The number of amides is 1. The Morgan fingerprint density at radius 3 is 2.10 bits per heavy atom. The molecule has 0 aromatic carbocycles. The van der Waals surface area contributed by atoms with Crippen LogP contribution < -0.4 is 5.32 Å². The molecule has 0 aromatic heterocycles. The highest BCUT2D eigenvalue weighted by Crippen LogP contribution is 2.39. The molecular formula is C14H29IN4O. The Labute approximate surface area is 140 Å². The van der Waals surface area contributed by atoms with Crippen LogP contribution in [0.2, 0.25) is 0 Å². The molecule has 1 N–H and O–H groups in total. The van der Waals surface area contributed by atoms with Crippen LogP contribution in [0.1, 0.15) is 32.6 Å². The zero-order valence-corrected chi connectivity index (χ0v) is 15.7. The van der Waals surface area contributed by atoms with Gasteiger partial charge in [0.05, 0.1) is 12.0 Å². The summed E-state index contributed by atoms with van der Waals surface area (Å²) in [5, 5.41) is 3.24. The second-order valence-electron chi connectivity index (χ2n) is 5.75. The lowest BCUT2D eigenvalue weighted by Gasteiger charge is -2.29. The van der Waals surface area contributed by atoms with Crippen LogP contribution in [0.3, 0.4) is 0 Å². The molecule has 118 valence electrons. The lowest BCUT2D eigenvalue weighted by molar-refractivity contribution is -0.138. The summed E-state index contributed by atoms with van der Waals surface area (Å²) in [6, 6.07) is 0. The van der Waals surface area contributed by atoms with Gasteiger partial charge in [0, 0.05) is 34.7 Å². The average molecular weight is 396 g/mol. The van der Waals surface area contributed by atoms with Gasteiger partial charge in [0.2, 0.25) is 5.91 Å². The van der Waals surface area contributed by atoms with Crippen molar-refractivity contribution in [2.75, 3.05) is 41.3 Å². The number of hydrogen-bond acceptors (Lipinski definition) is 2. The first-order valence-corrected chi connectivity index (χ1v) is 7.10. The molecule has 5 nitrogen and oxygen atoms in total. The minimum absolute atomic E-state index is 0. The van der Waals surface area contributed by atoms with E-state index in [-0.39, 0.29) is 35.3 Å². The van der Waals surface area contributed by atoms with Crippen molar-refractivity contribution in [3.8, 4) is 0 Å². The quantitative estimate of drug-likeness (QED) is 0.448. The molecule has 0 saturated heterocycles. The topological polar surface area (TPSA) is 47.9 Å². The predicted molar refractivity (Wildman–Crippen MR) is 94.7 cm³/mol. The van der Waals surface area contributed by atoms with E-state index < -0.39 is 0 Å². The van der Waals surface area contributed by atoms with Gasteiger partial charge in [-0.15, -0.1) is 24.0 Å². The summed E-state index contributed by atoms with van der Waals surface area (Å²) in [5.41, 5.74) is -0.278. The molecule has 0 spiro atoms. The third kappa shape index (κ3) is 4.79. The minimum atomic E-state index is -0.278. The van der Waals surface area contributed by atoms with Gasteiger partial charge in [0.1, 0.15) is 0 Å². The van der Waals surface area contributed by atoms with Crippen LogP contribution in [-0.2, 0) is 4.79 Å². The van der Waals surface area contributed by atoms with E-state index >= 15 is 0 Å². The molecule has 0 bridgehead atoms. The highest BCUT2D eigenvalue weighted by atomic mass is 127. The Balaban J connectivity index is 0.00000361. The molecule has 0 aromatic rings. The molecule has 1 fully saturated rings. The Morgan fingerprint density at radius 2 is 1.70 bits per heavy atom. The number of hydrogen-bond donors (Lipinski definition) is 1. The largest absolute Gasteiger partial charge is 0.357 e. The number of aliphatic imine (C=N–C) groups is 1. The number of halogens is 1.